The number of carbonyl (C=O) groups excluding carboxylic acids is 2. The molecular formula is C12H17N5O2. The smallest absolute Gasteiger partial charge is 0.310 e. The highest BCUT2D eigenvalue weighted by Crippen LogP contribution is 2.01. The van der Waals surface area contributed by atoms with Crippen LogP contribution in [0.2, 0.25) is 0 Å². The van der Waals surface area contributed by atoms with Crippen molar-refractivity contribution in [1.82, 2.24) is 20.4 Å². The van der Waals surface area contributed by atoms with Crippen molar-refractivity contribution in [3.8, 4) is 6.07 Å². The van der Waals surface area contributed by atoms with E-state index in [2.05, 4.69) is 15.7 Å². The predicted molar refractivity (Wildman–Crippen MR) is 68.0 cm³/mol. The number of hydrogen-bond donors (Lipinski definition) is 2. The zero-order chi connectivity index (χ0) is 14.3. The van der Waals surface area contributed by atoms with Crippen LogP contribution in [-0.4, -0.2) is 34.7 Å². The SMILES string of the molecule is Cc1cc(C)n(CCCNC(=O)C(=O)NCC#N)n1. The van der Waals surface area contributed by atoms with Gasteiger partial charge in [-0.3, -0.25) is 14.3 Å². The Morgan fingerprint density at radius 2 is 2.05 bits per heavy atom. The quantitative estimate of drug-likeness (QED) is 0.430. The highest BCUT2D eigenvalue weighted by molar-refractivity contribution is 6.35. The minimum Gasteiger partial charge on any atom is -0.348 e. The third kappa shape index (κ3) is 4.79. The summed E-state index contributed by atoms with van der Waals surface area (Å²) >= 11 is 0. The van der Waals surface area contributed by atoms with E-state index in [-0.39, 0.29) is 6.54 Å². The van der Waals surface area contributed by atoms with E-state index in [1.807, 2.05) is 24.6 Å². The fourth-order valence-electron chi connectivity index (χ4n) is 1.61. The van der Waals surface area contributed by atoms with Crippen molar-refractivity contribution in [2.75, 3.05) is 13.1 Å². The van der Waals surface area contributed by atoms with Crippen LogP contribution < -0.4 is 10.6 Å². The van der Waals surface area contributed by atoms with Gasteiger partial charge in [0.05, 0.1) is 11.8 Å². The molecule has 19 heavy (non-hydrogen) atoms. The second-order valence-electron chi connectivity index (χ2n) is 4.10. The van der Waals surface area contributed by atoms with Gasteiger partial charge >= 0.3 is 11.8 Å². The van der Waals surface area contributed by atoms with E-state index in [0.717, 1.165) is 11.4 Å². The maximum absolute atomic E-state index is 11.3. The highest BCUT2D eigenvalue weighted by Gasteiger charge is 2.11. The Hall–Kier alpha value is -2.36. The largest absolute Gasteiger partial charge is 0.348 e. The van der Waals surface area contributed by atoms with E-state index >= 15 is 0 Å². The number of nitrogens with zero attached hydrogens (tertiary/aromatic N) is 3. The normalized spacial score (nSPS) is 9.74. The molecule has 0 radical (unpaired) electrons. The van der Waals surface area contributed by atoms with Crippen LogP contribution in [0.5, 0.6) is 0 Å². The van der Waals surface area contributed by atoms with Gasteiger partial charge in [0.2, 0.25) is 0 Å². The maximum Gasteiger partial charge on any atom is 0.310 e. The van der Waals surface area contributed by atoms with Crippen LogP contribution in [0.4, 0.5) is 0 Å². The molecule has 0 atom stereocenters. The first-order valence-corrected chi connectivity index (χ1v) is 5.98. The standard InChI is InChI=1S/C12H17N5O2/c1-9-8-10(2)17(16-9)7-3-5-14-11(18)12(19)15-6-4-13/h8H,3,5-7H2,1-2H3,(H,14,18)(H,15,19). The van der Waals surface area contributed by atoms with Crippen molar-refractivity contribution in [1.29, 1.82) is 5.26 Å². The molecule has 102 valence electrons. The first kappa shape index (κ1) is 14.7. The topological polar surface area (TPSA) is 99.8 Å². The van der Waals surface area contributed by atoms with Gasteiger partial charge in [0.1, 0.15) is 6.54 Å². The molecule has 2 N–H and O–H groups in total. The summed E-state index contributed by atoms with van der Waals surface area (Å²) in [6, 6.07) is 3.71. The number of hydrogen-bond acceptors (Lipinski definition) is 4. The Balaban J connectivity index is 2.24. The molecule has 0 aliphatic rings. The molecule has 7 heteroatoms. The van der Waals surface area contributed by atoms with Crippen molar-refractivity contribution in [2.24, 2.45) is 0 Å². The van der Waals surface area contributed by atoms with Gasteiger partial charge in [0.25, 0.3) is 0 Å². The molecule has 0 fully saturated rings. The number of nitriles is 1. The molecule has 0 aromatic carbocycles. The summed E-state index contributed by atoms with van der Waals surface area (Å²) in [5.74, 6) is -1.50. The Bertz CT molecular complexity index is 501. The molecular weight excluding hydrogens is 246 g/mol. The van der Waals surface area contributed by atoms with Gasteiger partial charge < -0.3 is 10.6 Å². The molecule has 7 nitrogen and oxygen atoms in total. The molecule has 0 bridgehead atoms. The van der Waals surface area contributed by atoms with Gasteiger partial charge in [-0.05, 0) is 26.3 Å². The minimum absolute atomic E-state index is 0.169. The van der Waals surface area contributed by atoms with Gasteiger partial charge in [-0.25, -0.2) is 0 Å². The van der Waals surface area contributed by atoms with Crippen molar-refractivity contribution in [3.05, 3.63) is 17.5 Å². The molecule has 0 aliphatic carbocycles. The summed E-state index contributed by atoms with van der Waals surface area (Å²) in [5.41, 5.74) is 2.02. The zero-order valence-corrected chi connectivity index (χ0v) is 11.1. The van der Waals surface area contributed by atoms with Crippen LogP contribution >= 0.6 is 0 Å². The Morgan fingerprint density at radius 1 is 1.37 bits per heavy atom. The third-order valence-electron chi connectivity index (χ3n) is 2.47. The van der Waals surface area contributed by atoms with Gasteiger partial charge in [0, 0.05) is 18.8 Å². The number of nitrogens with one attached hydrogen (secondary N) is 2. The number of aromatic nitrogens is 2. The maximum atomic E-state index is 11.3. The third-order valence-corrected chi connectivity index (χ3v) is 2.47. The molecule has 0 saturated carbocycles. The number of amides is 2. The first-order chi connectivity index (χ1) is 9.04. The van der Waals surface area contributed by atoms with Crippen LogP contribution in [0.1, 0.15) is 17.8 Å². The summed E-state index contributed by atoms with van der Waals surface area (Å²) in [6.45, 7) is 4.79. The average Bonchev–Trinajstić information content (AvgIpc) is 2.69. The summed E-state index contributed by atoms with van der Waals surface area (Å²) < 4.78 is 1.86. The molecule has 0 aliphatic heterocycles. The average molecular weight is 263 g/mol. The first-order valence-electron chi connectivity index (χ1n) is 5.98. The summed E-state index contributed by atoms with van der Waals surface area (Å²) in [5, 5.41) is 17.2. The lowest BCUT2D eigenvalue weighted by Crippen LogP contribution is -2.40. The van der Waals surface area contributed by atoms with Crippen LogP contribution in [0.3, 0.4) is 0 Å². The summed E-state index contributed by atoms with van der Waals surface area (Å²) in [7, 11) is 0. The van der Waals surface area contributed by atoms with Gasteiger partial charge in [-0.1, -0.05) is 0 Å². The fourth-order valence-corrected chi connectivity index (χ4v) is 1.61. The van der Waals surface area contributed by atoms with Gasteiger partial charge in [0.15, 0.2) is 0 Å². The van der Waals surface area contributed by atoms with Gasteiger partial charge in [-0.2, -0.15) is 10.4 Å². The number of aryl methyl sites for hydroxylation is 3. The molecule has 1 rings (SSSR count). The predicted octanol–water partition coefficient (Wildman–Crippen LogP) is -0.354. The van der Waals surface area contributed by atoms with Crippen LogP contribution in [0, 0.1) is 25.2 Å². The molecule has 0 unspecified atom stereocenters. The lowest BCUT2D eigenvalue weighted by molar-refractivity contribution is -0.139. The van der Waals surface area contributed by atoms with Crippen LogP contribution in [0.15, 0.2) is 6.07 Å². The molecule has 2 amide bonds. The van der Waals surface area contributed by atoms with Gasteiger partial charge in [-0.15, -0.1) is 0 Å². The van der Waals surface area contributed by atoms with E-state index < -0.39 is 11.8 Å². The number of rotatable bonds is 5. The highest BCUT2D eigenvalue weighted by atomic mass is 16.2. The second-order valence-corrected chi connectivity index (χ2v) is 4.10. The Kier molecular flexibility index (Phi) is 5.54. The molecule has 1 aromatic heterocycles. The molecule has 0 spiro atoms. The Morgan fingerprint density at radius 3 is 2.63 bits per heavy atom. The van der Waals surface area contributed by atoms with E-state index in [4.69, 9.17) is 5.26 Å². The number of carbonyl (C=O) groups is 2. The molecule has 1 aromatic rings. The summed E-state index contributed by atoms with van der Waals surface area (Å²) in [4.78, 5) is 22.4. The van der Waals surface area contributed by atoms with Crippen LogP contribution in [-0.2, 0) is 16.1 Å². The summed E-state index contributed by atoms with van der Waals surface area (Å²) in [6.07, 6.45) is 0.680. The van der Waals surface area contributed by atoms with Crippen molar-refractivity contribution >= 4 is 11.8 Å². The lowest BCUT2D eigenvalue weighted by Gasteiger charge is -2.06. The lowest BCUT2D eigenvalue weighted by atomic mass is 10.3. The molecule has 1 heterocycles. The Labute approximate surface area is 111 Å². The van der Waals surface area contributed by atoms with Crippen molar-refractivity contribution in [3.63, 3.8) is 0 Å². The minimum atomic E-state index is -0.785. The van der Waals surface area contributed by atoms with Crippen molar-refractivity contribution < 1.29 is 9.59 Å². The fraction of sp³-hybridized carbons (Fsp3) is 0.500. The van der Waals surface area contributed by atoms with E-state index in [0.29, 0.717) is 19.5 Å². The molecule has 0 saturated heterocycles. The zero-order valence-electron chi connectivity index (χ0n) is 11.1. The van der Waals surface area contributed by atoms with Crippen LogP contribution in [0.25, 0.3) is 0 Å². The van der Waals surface area contributed by atoms with E-state index in [9.17, 15) is 9.59 Å². The van der Waals surface area contributed by atoms with Crippen molar-refractivity contribution in [2.45, 2.75) is 26.8 Å². The second kappa shape index (κ2) is 7.16. The monoisotopic (exact) mass is 263 g/mol. The van der Waals surface area contributed by atoms with E-state index in [1.54, 1.807) is 6.07 Å². The van der Waals surface area contributed by atoms with E-state index in [1.165, 1.54) is 0 Å².